The van der Waals surface area contributed by atoms with Crippen LogP contribution in [-0.4, -0.2) is 6.61 Å². The number of hydrogen-bond donors (Lipinski definition) is 0. The molecule has 1 aromatic rings. The number of unbranched alkanes of at least 4 members (excludes halogenated alkanes) is 1. The van der Waals surface area contributed by atoms with Crippen molar-refractivity contribution >= 4 is 0 Å². The van der Waals surface area contributed by atoms with Crippen LogP contribution in [0.4, 0.5) is 0 Å². The third kappa shape index (κ3) is 4.07. The Morgan fingerprint density at radius 2 is 2.11 bits per heavy atom. The predicted molar refractivity (Wildman–Crippen MR) is 74.7 cm³/mol. The number of rotatable bonds is 7. The van der Waals surface area contributed by atoms with Gasteiger partial charge in [-0.3, -0.25) is 0 Å². The number of ether oxygens (including phenoxy) is 1. The number of nitriles is 1. The summed E-state index contributed by atoms with van der Waals surface area (Å²) in [4.78, 5) is 0. The minimum atomic E-state index is 0.594. The molecule has 0 aliphatic heterocycles. The lowest BCUT2D eigenvalue weighted by atomic mass is 10.0. The van der Waals surface area contributed by atoms with Crippen LogP contribution in [0.15, 0.2) is 18.2 Å². The lowest BCUT2D eigenvalue weighted by Crippen LogP contribution is -2.12. The van der Waals surface area contributed by atoms with Gasteiger partial charge in [0.15, 0.2) is 0 Å². The van der Waals surface area contributed by atoms with Crippen LogP contribution in [0.1, 0.15) is 50.7 Å². The van der Waals surface area contributed by atoms with E-state index in [0.29, 0.717) is 11.5 Å². The van der Waals surface area contributed by atoms with Crippen molar-refractivity contribution in [1.29, 1.82) is 5.26 Å². The van der Waals surface area contributed by atoms with Gasteiger partial charge in [-0.1, -0.05) is 45.2 Å². The van der Waals surface area contributed by atoms with E-state index in [2.05, 4.69) is 19.9 Å². The van der Waals surface area contributed by atoms with Crippen molar-refractivity contribution in [2.45, 2.75) is 46.5 Å². The Morgan fingerprint density at radius 3 is 2.72 bits per heavy atom. The maximum absolute atomic E-state index is 9.08. The van der Waals surface area contributed by atoms with E-state index in [0.717, 1.165) is 24.3 Å². The molecule has 0 saturated heterocycles. The van der Waals surface area contributed by atoms with E-state index in [9.17, 15) is 0 Å². The SMILES string of the molecule is CCCCC(CC)COc1c(C)cccc1C#N. The zero-order chi connectivity index (χ0) is 13.4. The van der Waals surface area contributed by atoms with E-state index in [4.69, 9.17) is 10.00 Å². The lowest BCUT2D eigenvalue weighted by molar-refractivity contribution is 0.231. The van der Waals surface area contributed by atoms with Gasteiger partial charge in [0, 0.05) is 0 Å². The van der Waals surface area contributed by atoms with Crippen LogP contribution in [0.25, 0.3) is 0 Å². The van der Waals surface area contributed by atoms with E-state index in [1.165, 1.54) is 19.3 Å². The van der Waals surface area contributed by atoms with Gasteiger partial charge < -0.3 is 4.74 Å². The molecular weight excluding hydrogens is 222 g/mol. The molecule has 0 saturated carbocycles. The highest BCUT2D eigenvalue weighted by Gasteiger charge is 2.10. The first-order chi connectivity index (χ1) is 8.72. The van der Waals surface area contributed by atoms with Crippen LogP contribution in [0.3, 0.4) is 0 Å². The van der Waals surface area contributed by atoms with Crippen LogP contribution in [-0.2, 0) is 0 Å². The van der Waals surface area contributed by atoms with Gasteiger partial charge in [-0.25, -0.2) is 0 Å². The van der Waals surface area contributed by atoms with Crippen molar-refractivity contribution in [3.63, 3.8) is 0 Å². The van der Waals surface area contributed by atoms with E-state index >= 15 is 0 Å². The molecular formula is C16H23NO. The third-order valence-electron chi connectivity index (χ3n) is 3.34. The molecule has 0 aliphatic carbocycles. The molecule has 0 aromatic heterocycles. The van der Waals surface area contributed by atoms with Crippen molar-refractivity contribution in [3.8, 4) is 11.8 Å². The molecule has 2 heteroatoms. The van der Waals surface area contributed by atoms with Gasteiger partial charge in [0.1, 0.15) is 11.8 Å². The summed E-state index contributed by atoms with van der Waals surface area (Å²) in [6.07, 6.45) is 4.82. The maximum atomic E-state index is 9.08. The first kappa shape index (κ1) is 14.6. The summed E-state index contributed by atoms with van der Waals surface area (Å²) in [7, 11) is 0. The molecule has 1 aromatic carbocycles. The highest BCUT2D eigenvalue weighted by molar-refractivity contribution is 5.47. The summed E-state index contributed by atoms with van der Waals surface area (Å²) >= 11 is 0. The monoisotopic (exact) mass is 245 g/mol. The van der Waals surface area contributed by atoms with Crippen molar-refractivity contribution < 1.29 is 4.74 Å². The molecule has 1 rings (SSSR count). The number of benzene rings is 1. The van der Waals surface area contributed by atoms with Crippen LogP contribution in [0.2, 0.25) is 0 Å². The second-order valence-electron chi connectivity index (χ2n) is 4.79. The molecule has 0 N–H and O–H groups in total. The van der Waals surface area contributed by atoms with E-state index < -0.39 is 0 Å². The Bertz CT molecular complexity index is 406. The number of nitrogens with zero attached hydrogens (tertiary/aromatic N) is 1. The molecule has 98 valence electrons. The molecule has 0 amide bonds. The fourth-order valence-corrected chi connectivity index (χ4v) is 2.03. The van der Waals surface area contributed by atoms with Crippen molar-refractivity contribution in [3.05, 3.63) is 29.3 Å². The molecule has 1 unspecified atom stereocenters. The van der Waals surface area contributed by atoms with Gasteiger partial charge >= 0.3 is 0 Å². The number of hydrogen-bond acceptors (Lipinski definition) is 2. The summed E-state index contributed by atoms with van der Waals surface area (Å²) in [5.74, 6) is 1.35. The molecule has 0 heterocycles. The molecule has 18 heavy (non-hydrogen) atoms. The quantitative estimate of drug-likeness (QED) is 0.710. The summed E-state index contributed by atoms with van der Waals surface area (Å²) in [6.45, 7) is 7.12. The fraction of sp³-hybridized carbons (Fsp3) is 0.562. The first-order valence-electron chi connectivity index (χ1n) is 6.85. The van der Waals surface area contributed by atoms with Crippen LogP contribution >= 0.6 is 0 Å². The smallest absolute Gasteiger partial charge is 0.139 e. The zero-order valence-electron chi connectivity index (χ0n) is 11.7. The van der Waals surface area contributed by atoms with Gasteiger partial charge in [0.05, 0.1) is 12.2 Å². The Balaban J connectivity index is 2.65. The average Bonchev–Trinajstić information content (AvgIpc) is 2.40. The highest BCUT2D eigenvalue weighted by atomic mass is 16.5. The van der Waals surface area contributed by atoms with Crippen LogP contribution in [0.5, 0.6) is 5.75 Å². The normalized spacial score (nSPS) is 11.9. The third-order valence-corrected chi connectivity index (χ3v) is 3.34. The fourth-order valence-electron chi connectivity index (χ4n) is 2.03. The van der Waals surface area contributed by atoms with Gasteiger partial charge in [0.2, 0.25) is 0 Å². The van der Waals surface area contributed by atoms with Gasteiger partial charge in [-0.2, -0.15) is 5.26 Å². The Labute approximate surface area is 111 Å². The van der Waals surface area contributed by atoms with Gasteiger partial charge in [-0.15, -0.1) is 0 Å². The van der Waals surface area contributed by atoms with E-state index in [1.807, 2.05) is 25.1 Å². The lowest BCUT2D eigenvalue weighted by Gasteiger charge is -2.17. The largest absolute Gasteiger partial charge is 0.492 e. The second kappa shape index (κ2) is 7.76. The number of aryl methyl sites for hydroxylation is 1. The molecule has 0 fully saturated rings. The van der Waals surface area contributed by atoms with Crippen LogP contribution < -0.4 is 4.74 Å². The highest BCUT2D eigenvalue weighted by Crippen LogP contribution is 2.24. The standard InChI is InChI=1S/C16H23NO/c1-4-6-9-14(5-2)12-18-16-13(3)8-7-10-15(16)11-17/h7-8,10,14H,4-6,9,12H2,1-3H3. The average molecular weight is 245 g/mol. The minimum Gasteiger partial charge on any atom is -0.492 e. The summed E-state index contributed by atoms with van der Waals surface area (Å²) in [5, 5.41) is 9.08. The Morgan fingerprint density at radius 1 is 1.33 bits per heavy atom. The van der Waals surface area contributed by atoms with E-state index in [-0.39, 0.29) is 0 Å². The summed E-state index contributed by atoms with van der Waals surface area (Å²) in [6, 6.07) is 7.90. The molecule has 0 bridgehead atoms. The maximum Gasteiger partial charge on any atom is 0.139 e. The molecule has 0 aliphatic rings. The number of para-hydroxylation sites is 1. The van der Waals surface area contributed by atoms with E-state index in [1.54, 1.807) is 0 Å². The first-order valence-corrected chi connectivity index (χ1v) is 6.85. The zero-order valence-corrected chi connectivity index (χ0v) is 11.7. The Hall–Kier alpha value is -1.49. The van der Waals surface area contributed by atoms with Gasteiger partial charge in [0.25, 0.3) is 0 Å². The predicted octanol–water partition coefficient (Wildman–Crippen LogP) is 4.46. The molecule has 1 atom stereocenters. The van der Waals surface area contributed by atoms with Crippen molar-refractivity contribution in [2.24, 2.45) is 5.92 Å². The molecule has 0 spiro atoms. The minimum absolute atomic E-state index is 0.594. The summed E-state index contributed by atoms with van der Waals surface area (Å²) < 4.78 is 5.89. The van der Waals surface area contributed by atoms with Crippen molar-refractivity contribution in [2.75, 3.05) is 6.61 Å². The summed E-state index contributed by atoms with van der Waals surface area (Å²) in [5.41, 5.74) is 1.68. The topological polar surface area (TPSA) is 33.0 Å². The van der Waals surface area contributed by atoms with Gasteiger partial charge in [-0.05, 0) is 30.9 Å². The van der Waals surface area contributed by atoms with Crippen LogP contribution in [0, 0.1) is 24.2 Å². The second-order valence-corrected chi connectivity index (χ2v) is 4.79. The molecule has 0 radical (unpaired) electrons. The Kier molecular flexibility index (Phi) is 6.28. The van der Waals surface area contributed by atoms with Crippen molar-refractivity contribution in [1.82, 2.24) is 0 Å². The molecule has 2 nitrogen and oxygen atoms in total.